The summed E-state index contributed by atoms with van der Waals surface area (Å²) in [5.41, 5.74) is -1.17. The molecule has 0 spiro atoms. The van der Waals surface area contributed by atoms with Crippen LogP contribution in [0.3, 0.4) is 0 Å². The Hall–Kier alpha value is -1.84. The van der Waals surface area contributed by atoms with Crippen LogP contribution in [0, 0.1) is 0 Å². The standard InChI is InChI=1S/C14H8Cl2F3N3O2S/c1-25-13-21-10(15)9(11(16)22-13)6-20-24-12(23)7-3-2-4-8(5-7)14(17,18)19/h2-6H,1H3/b20-6+. The molecule has 0 aliphatic heterocycles. The van der Waals surface area contributed by atoms with Crippen LogP contribution in [0.4, 0.5) is 13.2 Å². The average Bonchev–Trinajstić information content (AvgIpc) is 2.56. The van der Waals surface area contributed by atoms with Gasteiger partial charge in [-0.05, 0) is 24.5 Å². The number of hydrogen-bond donors (Lipinski definition) is 0. The third-order valence-corrected chi connectivity index (χ3v) is 3.88. The second-order valence-electron chi connectivity index (χ2n) is 4.40. The van der Waals surface area contributed by atoms with Gasteiger partial charge in [-0.25, -0.2) is 14.8 Å². The van der Waals surface area contributed by atoms with Crippen LogP contribution in [0.1, 0.15) is 21.5 Å². The Kier molecular flexibility index (Phi) is 6.26. The van der Waals surface area contributed by atoms with Crippen molar-refractivity contribution in [1.29, 1.82) is 0 Å². The first-order chi connectivity index (χ1) is 11.7. The van der Waals surface area contributed by atoms with Crippen molar-refractivity contribution in [2.75, 3.05) is 6.26 Å². The van der Waals surface area contributed by atoms with Crippen LogP contribution < -0.4 is 0 Å². The summed E-state index contributed by atoms with van der Waals surface area (Å²) in [4.78, 5) is 24.2. The molecule has 0 atom stereocenters. The lowest BCUT2D eigenvalue weighted by molar-refractivity contribution is -0.137. The van der Waals surface area contributed by atoms with Gasteiger partial charge in [-0.15, -0.1) is 0 Å². The van der Waals surface area contributed by atoms with Crippen LogP contribution >= 0.6 is 35.0 Å². The molecule has 0 fully saturated rings. The lowest BCUT2D eigenvalue weighted by Crippen LogP contribution is -2.08. The first-order valence-corrected chi connectivity index (χ1v) is 8.39. The molecule has 132 valence electrons. The molecule has 0 bridgehead atoms. The molecule has 0 saturated carbocycles. The van der Waals surface area contributed by atoms with Gasteiger partial charge in [-0.2, -0.15) is 13.2 Å². The second-order valence-corrected chi connectivity index (χ2v) is 5.89. The maximum absolute atomic E-state index is 12.6. The minimum absolute atomic E-state index is 0.0109. The molecular weight excluding hydrogens is 402 g/mol. The van der Waals surface area contributed by atoms with Crippen LogP contribution in [0.5, 0.6) is 0 Å². The number of aromatic nitrogens is 2. The zero-order chi connectivity index (χ0) is 18.6. The van der Waals surface area contributed by atoms with Gasteiger partial charge in [-0.1, -0.05) is 46.2 Å². The molecule has 11 heteroatoms. The molecule has 1 heterocycles. The van der Waals surface area contributed by atoms with Gasteiger partial charge in [0, 0.05) is 0 Å². The monoisotopic (exact) mass is 409 g/mol. The topological polar surface area (TPSA) is 64.4 Å². The van der Waals surface area contributed by atoms with Crippen molar-refractivity contribution in [2.24, 2.45) is 5.16 Å². The summed E-state index contributed by atoms with van der Waals surface area (Å²) in [6.45, 7) is 0. The number of benzene rings is 1. The Morgan fingerprint density at radius 2 is 1.92 bits per heavy atom. The Bertz CT molecular complexity index is 808. The van der Waals surface area contributed by atoms with E-state index in [2.05, 4.69) is 20.0 Å². The van der Waals surface area contributed by atoms with Gasteiger partial charge in [0.15, 0.2) is 5.16 Å². The molecule has 25 heavy (non-hydrogen) atoms. The van der Waals surface area contributed by atoms with Gasteiger partial charge in [0.1, 0.15) is 10.3 Å². The normalized spacial score (nSPS) is 11.8. The molecule has 0 unspecified atom stereocenters. The van der Waals surface area contributed by atoms with Crippen molar-refractivity contribution in [3.05, 3.63) is 51.3 Å². The fourth-order valence-electron chi connectivity index (χ4n) is 1.60. The molecule has 0 amide bonds. The predicted octanol–water partition coefficient (Wildman–Crippen LogP) is 4.72. The van der Waals surface area contributed by atoms with Gasteiger partial charge >= 0.3 is 12.1 Å². The van der Waals surface area contributed by atoms with E-state index in [0.29, 0.717) is 11.2 Å². The third-order valence-electron chi connectivity index (χ3n) is 2.76. The third kappa shape index (κ3) is 5.07. The number of halogens is 5. The van der Waals surface area contributed by atoms with Crippen molar-refractivity contribution < 1.29 is 22.8 Å². The van der Waals surface area contributed by atoms with Gasteiger partial charge in [-0.3, -0.25) is 0 Å². The fourth-order valence-corrected chi connectivity index (χ4v) is 2.55. The maximum atomic E-state index is 12.6. The second kappa shape index (κ2) is 8.03. The quantitative estimate of drug-likeness (QED) is 0.182. The molecule has 0 saturated heterocycles. The van der Waals surface area contributed by atoms with Gasteiger partial charge in [0.25, 0.3) is 0 Å². The van der Waals surface area contributed by atoms with Crippen LogP contribution in [0.2, 0.25) is 10.3 Å². The number of nitrogens with zero attached hydrogens (tertiary/aromatic N) is 3. The highest BCUT2D eigenvalue weighted by Gasteiger charge is 2.31. The molecule has 2 aromatic rings. The summed E-state index contributed by atoms with van der Waals surface area (Å²) in [5.74, 6) is -1.07. The molecule has 1 aromatic heterocycles. The highest BCUT2D eigenvalue weighted by Crippen LogP contribution is 2.29. The lowest BCUT2D eigenvalue weighted by Gasteiger charge is -2.07. The van der Waals surface area contributed by atoms with Crippen LogP contribution in [0.15, 0.2) is 34.6 Å². The van der Waals surface area contributed by atoms with E-state index in [0.717, 1.165) is 18.3 Å². The molecule has 0 radical (unpaired) electrons. The van der Waals surface area contributed by atoms with E-state index in [1.54, 1.807) is 6.26 Å². The van der Waals surface area contributed by atoms with Crippen molar-refractivity contribution >= 4 is 47.1 Å². The average molecular weight is 410 g/mol. The van der Waals surface area contributed by atoms with Crippen molar-refractivity contribution in [2.45, 2.75) is 11.3 Å². The summed E-state index contributed by atoms with van der Waals surface area (Å²) in [6.07, 6.45) is -1.84. The highest BCUT2D eigenvalue weighted by atomic mass is 35.5. The number of thioether (sulfide) groups is 1. The van der Waals surface area contributed by atoms with E-state index >= 15 is 0 Å². The predicted molar refractivity (Wildman–Crippen MR) is 88.3 cm³/mol. The van der Waals surface area contributed by atoms with Gasteiger partial charge in [0.05, 0.1) is 22.9 Å². The summed E-state index contributed by atoms with van der Waals surface area (Å²) < 4.78 is 37.9. The summed E-state index contributed by atoms with van der Waals surface area (Å²) in [7, 11) is 0. The molecule has 1 aromatic carbocycles. The summed E-state index contributed by atoms with van der Waals surface area (Å²) in [6, 6.07) is 3.76. The van der Waals surface area contributed by atoms with Crippen LogP contribution in [-0.4, -0.2) is 28.4 Å². The lowest BCUT2D eigenvalue weighted by atomic mass is 10.1. The van der Waals surface area contributed by atoms with Crippen molar-refractivity contribution in [3.63, 3.8) is 0 Å². The van der Waals surface area contributed by atoms with E-state index < -0.39 is 17.7 Å². The number of rotatable bonds is 4. The highest BCUT2D eigenvalue weighted by molar-refractivity contribution is 7.98. The Labute approximate surface area is 154 Å². The van der Waals surface area contributed by atoms with Crippen LogP contribution in [-0.2, 0) is 11.0 Å². The van der Waals surface area contributed by atoms with E-state index in [1.807, 2.05) is 0 Å². The Balaban J connectivity index is 2.14. The minimum Gasteiger partial charge on any atom is -0.313 e. The SMILES string of the molecule is CSc1nc(Cl)c(/C=N/OC(=O)c2cccc(C(F)(F)F)c2)c(Cl)n1. The maximum Gasteiger partial charge on any atom is 0.416 e. The Morgan fingerprint density at radius 3 is 2.48 bits per heavy atom. The van der Waals surface area contributed by atoms with Gasteiger partial charge in [0.2, 0.25) is 0 Å². The molecular formula is C14H8Cl2F3N3O2S. The number of oxime groups is 1. The van der Waals surface area contributed by atoms with Crippen molar-refractivity contribution in [1.82, 2.24) is 9.97 Å². The molecule has 0 aliphatic carbocycles. The number of carbonyl (C=O) groups excluding carboxylic acids is 1. The molecule has 2 rings (SSSR count). The zero-order valence-electron chi connectivity index (χ0n) is 12.3. The largest absolute Gasteiger partial charge is 0.416 e. The van der Waals surface area contributed by atoms with E-state index in [1.165, 1.54) is 17.8 Å². The van der Waals surface area contributed by atoms with Crippen LogP contribution in [0.25, 0.3) is 0 Å². The molecule has 0 N–H and O–H groups in total. The van der Waals surface area contributed by atoms with E-state index in [-0.39, 0.29) is 21.4 Å². The molecule has 0 aliphatic rings. The first kappa shape index (κ1) is 19.5. The fraction of sp³-hybridized carbons (Fsp3) is 0.143. The van der Waals surface area contributed by atoms with E-state index in [4.69, 9.17) is 23.2 Å². The van der Waals surface area contributed by atoms with E-state index in [9.17, 15) is 18.0 Å². The summed E-state index contributed by atoms with van der Waals surface area (Å²) in [5, 5.41) is 3.69. The van der Waals surface area contributed by atoms with Gasteiger partial charge < -0.3 is 4.84 Å². The summed E-state index contributed by atoms with van der Waals surface area (Å²) >= 11 is 13.0. The number of carbonyl (C=O) groups is 1. The Morgan fingerprint density at radius 1 is 1.28 bits per heavy atom. The minimum atomic E-state index is -4.57. The number of alkyl halides is 3. The first-order valence-electron chi connectivity index (χ1n) is 6.41. The zero-order valence-corrected chi connectivity index (χ0v) is 14.7. The van der Waals surface area contributed by atoms with Crippen molar-refractivity contribution in [3.8, 4) is 0 Å². The number of hydrogen-bond acceptors (Lipinski definition) is 6. The molecule has 5 nitrogen and oxygen atoms in total. The smallest absolute Gasteiger partial charge is 0.313 e.